The number of hydrogen-bond acceptors (Lipinski definition) is 3. The zero-order valence-electron chi connectivity index (χ0n) is 17.4. The zero-order chi connectivity index (χ0) is 20.1. The Labute approximate surface area is 167 Å². The second-order valence-electron chi connectivity index (χ2n) is 8.45. The van der Waals surface area contributed by atoms with Crippen molar-refractivity contribution in [2.75, 3.05) is 0 Å². The van der Waals surface area contributed by atoms with Crippen LogP contribution >= 0.6 is 0 Å². The van der Waals surface area contributed by atoms with Gasteiger partial charge in [-0.2, -0.15) is 0 Å². The number of H-pyrrole nitrogens is 1. The first-order chi connectivity index (χ1) is 13.5. The number of nitrogens with one attached hydrogen (secondary N) is 1. The summed E-state index contributed by atoms with van der Waals surface area (Å²) in [7, 11) is 0. The third-order valence-electron chi connectivity index (χ3n) is 6.05. The Bertz CT molecular complexity index is 850. The smallest absolute Gasteiger partial charge is 0.258 e. The summed E-state index contributed by atoms with van der Waals surface area (Å²) < 4.78 is 0. The van der Waals surface area contributed by atoms with Crippen molar-refractivity contribution in [3.63, 3.8) is 0 Å². The summed E-state index contributed by atoms with van der Waals surface area (Å²) in [6.07, 6.45) is 8.13. The first-order valence-corrected chi connectivity index (χ1v) is 10.8. The van der Waals surface area contributed by atoms with Crippen LogP contribution in [0.25, 0.3) is 10.9 Å². The van der Waals surface area contributed by atoms with Crippen molar-refractivity contribution in [1.82, 2.24) is 14.9 Å². The highest BCUT2D eigenvalue weighted by atomic mass is 16.2. The fourth-order valence-electron chi connectivity index (χ4n) is 4.31. The van der Waals surface area contributed by atoms with Crippen LogP contribution in [0, 0.1) is 11.8 Å². The van der Waals surface area contributed by atoms with E-state index in [2.05, 4.69) is 16.9 Å². The van der Waals surface area contributed by atoms with E-state index in [0.29, 0.717) is 23.3 Å². The number of nitrogens with zero attached hydrogens (tertiary/aromatic N) is 2. The summed E-state index contributed by atoms with van der Waals surface area (Å²) in [5, 5.41) is 0.582. The monoisotopic (exact) mass is 383 g/mol. The van der Waals surface area contributed by atoms with Gasteiger partial charge in [-0.1, -0.05) is 38.3 Å². The highest BCUT2D eigenvalue weighted by Gasteiger charge is 2.30. The summed E-state index contributed by atoms with van der Waals surface area (Å²) in [6.45, 7) is 6.65. The highest BCUT2D eigenvalue weighted by molar-refractivity contribution is 5.79. The van der Waals surface area contributed by atoms with Crippen LogP contribution in [0.5, 0.6) is 0 Å². The maximum absolute atomic E-state index is 13.2. The molecule has 1 aliphatic rings. The minimum Gasteiger partial charge on any atom is -0.333 e. The number of unbranched alkanes of at least 4 members (excludes halogenated alkanes) is 1. The van der Waals surface area contributed by atoms with Gasteiger partial charge < -0.3 is 9.88 Å². The maximum atomic E-state index is 13.2. The van der Waals surface area contributed by atoms with Crippen molar-refractivity contribution in [3.05, 3.63) is 40.4 Å². The molecule has 0 aliphatic heterocycles. The normalized spacial score (nSPS) is 19.9. The second kappa shape index (κ2) is 9.35. The van der Waals surface area contributed by atoms with Crippen LogP contribution in [0.15, 0.2) is 29.1 Å². The zero-order valence-corrected chi connectivity index (χ0v) is 17.4. The molecular weight excluding hydrogens is 350 g/mol. The van der Waals surface area contributed by atoms with Crippen LogP contribution in [-0.2, 0) is 11.3 Å². The molecule has 1 amide bonds. The summed E-state index contributed by atoms with van der Waals surface area (Å²) in [6, 6.07) is 7.39. The van der Waals surface area contributed by atoms with E-state index >= 15 is 0 Å². The summed E-state index contributed by atoms with van der Waals surface area (Å²) in [5.41, 5.74) is 0.530. The fraction of sp³-hybridized carbons (Fsp3) is 0.609. The molecule has 0 unspecified atom stereocenters. The molecule has 0 radical (unpaired) electrons. The Hall–Kier alpha value is -2.17. The molecule has 1 saturated carbocycles. The molecule has 28 heavy (non-hydrogen) atoms. The molecule has 5 nitrogen and oxygen atoms in total. The van der Waals surface area contributed by atoms with Gasteiger partial charge in [0, 0.05) is 12.0 Å². The van der Waals surface area contributed by atoms with Crippen molar-refractivity contribution in [3.8, 4) is 0 Å². The Morgan fingerprint density at radius 3 is 2.61 bits per heavy atom. The van der Waals surface area contributed by atoms with Gasteiger partial charge in [-0.3, -0.25) is 9.59 Å². The summed E-state index contributed by atoms with van der Waals surface area (Å²) in [4.78, 5) is 34.9. The highest BCUT2D eigenvalue weighted by Crippen LogP contribution is 2.33. The Morgan fingerprint density at radius 1 is 1.21 bits per heavy atom. The maximum Gasteiger partial charge on any atom is 0.258 e. The molecule has 1 N–H and O–H groups in total. The van der Waals surface area contributed by atoms with E-state index in [1.807, 2.05) is 36.9 Å². The van der Waals surface area contributed by atoms with E-state index < -0.39 is 0 Å². The number of fused-ring (bicyclic) bond motifs is 1. The van der Waals surface area contributed by atoms with Gasteiger partial charge >= 0.3 is 0 Å². The number of rotatable bonds is 7. The van der Waals surface area contributed by atoms with E-state index in [9.17, 15) is 9.59 Å². The number of aromatic nitrogens is 2. The molecule has 152 valence electrons. The van der Waals surface area contributed by atoms with Crippen LogP contribution in [0.1, 0.15) is 71.5 Å². The van der Waals surface area contributed by atoms with E-state index in [-0.39, 0.29) is 23.4 Å². The van der Waals surface area contributed by atoms with Gasteiger partial charge in [0.2, 0.25) is 5.91 Å². The second-order valence-corrected chi connectivity index (χ2v) is 8.45. The Kier molecular flexibility index (Phi) is 6.87. The average molecular weight is 384 g/mol. The van der Waals surface area contributed by atoms with Gasteiger partial charge in [-0.25, -0.2) is 4.98 Å². The van der Waals surface area contributed by atoms with Gasteiger partial charge in [-0.05, 0) is 57.6 Å². The summed E-state index contributed by atoms with van der Waals surface area (Å²) in [5.74, 6) is 1.66. The third kappa shape index (κ3) is 4.81. The molecule has 1 heterocycles. The van der Waals surface area contributed by atoms with Crippen molar-refractivity contribution in [2.45, 2.75) is 78.3 Å². The molecule has 1 aliphatic carbocycles. The first-order valence-electron chi connectivity index (χ1n) is 10.8. The molecule has 5 heteroatoms. The molecule has 1 aromatic carbocycles. The van der Waals surface area contributed by atoms with Crippen LogP contribution in [-0.4, -0.2) is 26.8 Å². The van der Waals surface area contributed by atoms with Gasteiger partial charge in [-0.15, -0.1) is 0 Å². The van der Waals surface area contributed by atoms with Crippen molar-refractivity contribution in [2.24, 2.45) is 11.8 Å². The van der Waals surface area contributed by atoms with E-state index in [1.165, 1.54) is 19.3 Å². The third-order valence-corrected chi connectivity index (χ3v) is 6.05. The molecule has 1 fully saturated rings. The molecule has 0 bridgehead atoms. The van der Waals surface area contributed by atoms with E-state index in [4.69, 9.17) is 0 Å². The SMILES string of the molecule is CCCCC1CCC(C(=O)N(Cc2nc3ccccc3c(=O)[nH]2)C(C)C)CC1. The fourth-order valence-corrected chi connectivity index (χ4v) is 4.31. The molecule has 0 atom stereocenters. The number of carbonyl (C=O) groups is 1. The van der Waals surface area contributed by atoms with Crippen LogP contribution in [0.4, 0.5) is 0 Å². The van der Waals surface area contributed by atoms with Crippen molar-refractivity contribution >= 4 is 16.8 Å². The number of amides is 1. The number of para-hydroxylation sites is 1. The molecule has 3 rings (SSSR count). The molecule has 2 aromatic rings. The number of aromatic amines is 1. The van der Waals surface area contributed by atoms with E-state index in [0.717, 1.165) is 31.6 Å². The van der Waals surface area contributed by atoms with Crippen LogP contribution in [0.3, 0.4) is 0 Å². The predicted octanol–water partition coefficient (Wildman–Crippen LogP) is 4.66. The Morgan fingerprint density at radius 2 is 1.93 bits per heavy atom. The average Bonchev–Trinajstić information content (AvgIpc) is 2.70. The van der Waals surface area contributed by atoms with Gasteiger partial charge in [0.25, 0.3) is 5.56 Å². The number of hydrogen-bond donors (Lipinski definition) is 1. The van der Waals surface area contributed by atoms with E-state index in [1.54, 1.807) is 6.07 Å². The lowest BCUT2D eigenvalue weighted by Crippen LogP contribution is -2.42. The predicted molar refractivity (Wildman–Crippen MR) is 113 cm³/mol. The van der Waals surface area contributed by atoms with Crippen LogP contribution in [0.2, 0.25) is 0 Å². The summed E-state index contributed by atoms with van der Waals surface area (Å²) >= 11 is 0. The standard InChI is InChI=1S/C23H33N3O2/c1-4-5-8-17-11-13-18(14-12-17)23(28)26(16(2)3)15-21-24-20-10-7-6-9-19(20)22(27)25-21/h6-7,9-10,16-18H,4-5,8,11-15H2,1-3H3,(H,24,25,27). The van der Waals surface area contributed by atoms with Gasteiger partial charge in [0.15, 0.2) is 0 Å². The topological polar surface area (TPSA) is 66.1 Å². The molecule has 0 saturated heterocycles. The number of carbonyl (C=O) groups excluding carboxylic acids is 1. The lowest BCUT2D eigenvalue weighted by atomic mass is 9.79. The lowest BCUT2D eigenvalue weighted by molar-refractivity contribution is -0.139. The van der Waals surface area contributed by atoms with Crippen molar-refractivity contribution in [1.29, 1.82) is 0 Å². The minimum atomic E-state index is -0.145. The number of benzene rings is 1. The lowest BCUT2D eigenvalue weighted by Gasteiger charge is -2.34. The van der Waals surface area contributed by atoms with Crippen molar-refractivity contribution < 1.29 is 4.79 Å². The molecule has 0 spiro atoms. The molecule has 1 aromatic heterocycles. The quantitative estimate of drug-likeness (QED) is 0.756. The van der Waals surface area contributed by atoms with Gasteiger partial charge in [0.1, 0.15) is 5.82 Å². The largest absolute Gasteiger partial charge is 0.333 e. The van der Waals surface area contributed by atoms with Gasteiger partial charge in [0.05, 0.1) is 17.4 Å². The molecular formula is C23H33N3O2. The van der Waals surface area contributed by atoms with Crippen LogP contribution < -0.4 is 5.56 Å². The Balaban J connectivity index is 1.70. The minimum absolute atomic E-state index is 0.0714. The first kappa shape index (κ1) is 20.6.